The van der Waals surface area contributed by atoms with Crippen molar-refractivity contribution in [1.29, 1.82) is 0 Å². The van der Waals surface area contributed by atoms with Crippen LogP contribution in [0.3, 0.4) is 0 Å². The van der Waals surface area contributed by atoms with Gasteiger partial charge in [-0.25, -0.2) is 4.98 Å². The van der Waals surface area contributed by atoms with Crippen molar-refractivity contribution in [3.63, 3.8) is 0 Å². The molecule has 0 atom stereocenters. The molecule has 2 heterocycles. The first-order chi connectivity index (χ1) is 10.2. The Morgan fingerprint density at radius 1 is 1.43 bits per heavy atom. The quantitative estimate of drug-likeness (QED) is 0.574. The fraction of sp³-hybridized carbons (Fsp3) is 0.0833. The number of rotatable bonds is 3. The average molecular weight is 302 g/mol. The smallest absolute Gasteiger partial charge is 0.304 e. The zero-order chi connectivity index (χ0) is 14.8. The number of carbonyl (C=O) groups is 1. The number of thiazole rings is 1. The van der Waals surface area contributed by atoms with Crippen LogP contribution in [0.2, 0.25) is 0 Å². The Labute approximate surface area is 122 Å². The maximum atomic E-state index is 12.6. The van der Waals surface area contributed by atoms with E-state index in [1.807, 2.05) is 6.07 Å². The Bertz CT molecular complexity index is 837. The molecule has 106 valence electrons. The van der Waals surface area contributed by atoms with Gasteiger partial charge in [-0.2, -0.15) is 4.68 Å². The lowest BCUT2D eigenvalue weighted by molar-refractivity contribution is 0.0971. The summed E-state index contributed by atoms with van der Waals surface area (Å²) in [4.78, 5) is 21.4. The van der Waals surface area contributed by atoms with E-state index in [1.165, 1.54) is 18.4 Å². The molecule has 0 amide bonds. The minimum Gasteiger partial charge on any atom is -0.398 e. The van der Waals surface area contributed by atoms with Crippen LogP contribution >= 0.6 is 11.3 Å². The molecule has 0 aliphatic carbocycles. The van der Waals surface area contributed by atoms with Gasteiger partial charge < -0.3 is 10.6 Å². The van der Waals surface area contributed by atoms with Crippen LogP contribution in [-0.2, 0) is 4.84 Å². The van der Waals surface area contributed by atoms with Crippen LogP contribution in [0.15, 0.2) is 34.8 Å². The summed E-state index contributed by atoms with van der Waals surface area (Å²) in [7, 11) is 1.35. The number of nitrogens with two attached hydrogens (primary N) is 1. The van der Waals surface area contributed by atoms with Gasteiger partial charge in [-0.1, -0.05) is 22.5 Å². The number of benzene rings is 1. The van der Waals surface area contributed by atoms with Crippen molar-refractivity contribution in [1.82, 2.24) is 20.0 Å². The van der Waals surface area contributed by atoms with E-state index in [1.54, 1.807) is 23.6 Å². The third-order valence-electron chi connectivity index (χ3n) is 2.69. The molecule has 1 aromatic carbocycles. The van der Waals surface area contributed by atoms with Crippen LogP contribution in [0.25, 0.3) is 11.0 Å². The fourth-order valence-corrected chi connectivity index (χ4v) is 2.35. The number of para-hydroxylation sites is 1. The lowest BCUT2D eigenvalue weighted by atomic mass is 10.2. The summed E-state index contributed by atoms with van der Waals surface area (Å²) in [6.45, 7) is 0. The summed E-state index contributed by atoms with van der Waals surface area (Å²) in [5.74, 6) is -0.490. The maximum Gasteiger partial charge on any atom is 0.304 e. The fourth-order valence-electron chi connectivity index (χ4n) is 1.80. The minimum atomic E-state index is -0.490. The third-order valence-corrected chi connectivity index (χ3v) is 3.37. The van der Waals surface area contributed by atoms with Crippen molar-refractivity contribution in [2.24, 2.45) is 5.16 Å². The molecular weight excluding hydrogens is 292 g/mol. The molecule has 0 saturated carbocycles. The Balaban J connectivity index is 2.08. The highest BCUT2D eigenvalue weighted by Gasteiger charge is 2.22. The molecule has 0 radical (unpaired) electrons. The molecule has 2 aromatic heterocycles. The van der Waals surface area contributed by atoms with Crippen molar-refractivity contribution in [3.8, 4) is 0 Å². The van der Waals surface area contributed by atoms with E-state index in [4.69, 9.17) is 10.6 Å². The van der Waals surface area contributed by atoms with Gasteiger partial charge in [0.1, 0.15) is 18.3 Å². The molecule has 0 bridgehead atoms. The molecule has 9 heteroatoms. The van der Waals surface area contributed by atoms with Crippen molar-refractivity contribution in [2.45, 2.75) is 0 Å². The second-order valence-corrected chi connectivity index (χ2v) is 4.88. The SMILES string of the molecule is CON=C(C(=O)n1nnc2ccccc21)c1csc(N)n1. The molecule has 8 nitrogen and oxygen atoms in total. The van der Waals surface area contributed by atoms with Crippen molar-refractivity contribution < 1.29 is 9.63 Å². The van der Waals surface area contributed by atoms with Gasteiger partial charge in [-0.3, -0.25) is 4.79 Å². The molecule has 3 aromatic rings. The first kappa shape index (κ1) is 13.2. The lowest BCUT2D eigenvalue weighted by Crippen LogP contribution is -2.24. The first-order valence-electron chi connectivity index (χ1n) is 5.88. The number of hydrogen-bond acceptors (Lipinski definition) is 8. The lowest BCUT2D eigenvalue weighted by Gasteiger charge is -2.02. The van der Waals surface area contributed by atoms with E-state index in [2.05, 4.69) is 20.5 Å². The standard InChI is InChI=1S/C12H10N6O2S/c1-20-16-10(8-6-21-12(13)14-8)11(19)18-9-5-3-2-4-7(9)15-17-18/h2-6H,1H3,(H2,13,14). The summed E-state index contributed by atoms with van der Waals surface area (Å²) in [5.41, 5.74) is 7.13. The number of anilines is 1. The topological polar surface area (TPSA) is 108 Å². The highest BCUT2D eigenvalue weighted by atomic mass is 32.1. The molecular formula is C12H10N6O2S. The van der Waals surface area contributed by atoms with E-state index in [9.17, 15) is 4.79 Å². The maximum absolute atomic E-state index is 12.6. The Kier molecular flexibility index (Phi) is 3.32. The normalized spacial score (nSPS) is 11.8. The van der Waals surface area contributed by atoms with Gasteiger partial charge in [0, 0.05) is 5.38 Å². The second kappa shape index (κ2) is 5.29. The summed E-state index contributed by atoms with van der Waals surface area (Å²) < 4.78 is 1.16. The predicted molar refractivity (Wildman–Crippen MR) is 78.2 cm³/mol. The van der Waals surface area contributed by atoms with Gasteiger partial charge in [0.15, 0.2) is 10.8 Å². The molecule has 2 N–H and O–H groups in total. The third kappa shape index (κ3) is 2.34. The number of carbonyl (C=O) groups excluding carboxylic acids is 1. The van der Waals surface area contributed by atoms with Crippen LogP contribution in [0.5, 0.6) is 0 Å². The largest absolute Gasteiger partial charge is 0.398 e. The molecule has 0 saturated heterocycles. The first-order valence-corrected chi connectivity index (χ1v) is 6.76. The van der Waals surface area contributed by atoms with Gasteiger partial charge in [0.2, 0.25) is 0 Å². The van der Waals surface area contributed by atoms with Crippen LogP contribution in [0.1, 0.15) is 10.5 Å². The molecule has 21 heavy (non-hydrogen) atoms. The molecule has 0 aliphatic heterocycles. The van der Waals surface area contributed by atoms with Crippen LogP contribution in [0, 0.1) is 0 Å². The molecule has 3 rings (SSSR count). The number of oxime groups is 1. The second-order valence-electron chi connectivity index (χ2n) is 3.99. The van der Waals surface area contributed by atoms with E-state index >= 15 is 0 Å². The van der Waals surface area contributed by atoms with Gasteiger partial charge >= 0.3 is 5.91 Å². The zero-order valence-corrected chi connectivity index (χ0v) is 11.7. The van der Waals surface area contributed by atoms with Gasteiger partial charge in [-0.05, 0) is 12.1 Å². The van der Waals surface area contributed by atoms with E-state index < -0.39 is 5.91 Å². The van der Waals surface area contributed by atoms with E-state index in [0.29, 0.717) is 21.9 Å². The monoisotopic (exact) mass is 302 g/mol. The Morgan fingerprint density at radius 2 is 2.24 bits per heavy atom. The number of nitrogens with zero attached hydrogens (tertiary/aromatic N) is 5. The molecule has 0 spiro atoms. The summed E-state index contributed by atoms with van der Waals surface area (Å²) in [6.07, 6.45) is 0. The highest BCUT2D eigenvalue weighted by Crippen LogP contribution is 2.15. The molecule has 0 fully saturated rings. The highest BCUT2D eigenvalue weighted by molar-refractivity contribution is 7.13. The predicted octanol–water partition coefficient (Wildman–Crippen LogP) is 1.16. The minimum absolute atomic E-state index is 0.0149. The van der Waals surface area contributed by atoms with Crippen LogP contribution in [0.4, 0.5) is 5.13 Å². The average Bonchev–Trinajstić information content (AvgIpc) is 3.10. The van der Waals surface area contributed by atoms with Crippen molar-refractivity contribution in [2.75, 3.05) is 12.8 Å². The number of fused-ring (bicyclic) bond motifs is 1. The van der Waals surface area contributed by atoms with Gasteiger partial charge in [-0.15, -0.1) is 16.4 Å². The Morgan fingerprint density at radius 3 is 2.95 bits per heavy atom. The van der Waals surface area contributed by atoms with Crippen molar-refractivity contribution in [3.05, 3.63) is 35.3 Å². The zero-order valence-electron chi connectivity index (χ0n) is 10.9. The van der Waals surface area contributed by atoms with Gasteiger partial charge in [0.25, 0.3) is 0 Å². The van der Waals surface area contributed by atoms with Crippen LogP contribution < -0.4 is 5.73 Å². The molecule has 0 unspecified atom stereocenters. The van der Waals surface area contributed by atoms with Crippen LogP contribution in [-0.4, -0.2) is 38.7 Å². The Hall–Kier alpha value is -2.81. The van der Waals surface area contributed by atoms with Gasteiger partial charge in [0.05, 0.1) is 5.52 Å². The summed E-state index contributed by atoms with van der Waals surface area (Å²) in [6, 6.07) is 7.12. The number of hydrogen-bond donors (Lipinski definition) is 1. The summed E-state index contributed by atoms with van der Waals surface area (Å²) >= 11 is 1.21. The number of aromatic nitrogens is 4. The van der Waals surface area contributed by atoms with E-state index in [-0.39, 0.29) is 5.71 Å². The van der Waals surface area contributed by atoms with Crippen molar-refractivity contribution >= 4 is 39.1 Å². The number of nitrogen functional groups attached to an aromatic ring is 1. The summed E-state index contributed by atoms with van der Waals surface area (Å²) in [5, 5.41) is 13.5. The molecule has 0 aliphatic rings. The van der Waals surface area contributed by atoms with E-state index in [0.717, 1.165) is 4.68 Å².